The van der Waals surface area contributed by atoms with E-state index < -0.39 is 0 Å². The lowest BCUT2D eigenvalue weighted by molar-refractivity contribution is 0.191. The summed E-state index contributed by atoms with van der Waals surface area (Å²) in [5.41, 5.74) is -0.0822. The largest absolute Gasteiger partial charge is 0.383 e. The van der Waals surface area contributed by atoms with E-state index in [0.29, 0.717) is 24.3 Å². The Balaban J connectivity index is 2.14. The number of nitrogens with one attached hydrogen (secondary N) is 1. The Kier molecular flexibility index (Phi) is 4.02. The summed E-state index contributed by atoms with van der Waals surface area (Å²) in [6, 6.07) is 0.250. The Bertz CT molecular complexity index is 431. The SMILES string of the molecule is COCC(CCl)Nc1nccn(C2CC2)c1=O. The molecule has 0 amide bonds. The van der Waals surface area contributed by atoms with Crippen LogP contribution in [0.5, 0.6) is 0 Å². The van der Waals surface area contributed by atoms with Gasteiger partial charge in [0.25, 0.3) is 5.56 Å². The molecule has 1 unspecified atom stereocenters. The van der Waals surface area contributed by atoms with Gasteiger partial charge in [0, 0.05) is 31.4 Å². The highest BCUT2D eigenvalue weighted by Crippen LogP contribution is 2.33. The van der Waals surface area contributed by atoms with Crippen LogP contribution < -0.4 is 10.9 Å². The number of methoxy groups -OCH3 is 1. The minimum absolute atomic E-state index is 0.0822. The number of halogens is 1. The van der Waals surface area contributed by atoms with Crippen molar-refractivity contribution in [2.75, 3.05) is 24.9 Å². The zero-order valence-corrected chi connectivity index (χ0v) is 10.5. The minimum atomic E-state index is -0.100. The number of ether oxygens (including phenoxy) is 1. The predicted molar refractivity (Wildman–Crippen MR) is 66.8 cm³/mol. The van der Waals surface area contributed by atoms with Gasteiger partial charge < -0.3 is 14.6 Å². The number of rotatable bonds is 6. The van der Waals surface area contributed by atoms with Crippen molar-refractivity contribution in [1.82, 2.24) is 9.55 Å². The van der Waals surface area contributed by atoms with Crippen molar-refractivity contribution in [1.29, 1.82) is 0 Å². The van der Waals surface area contributed by atoms with E-state index in [4.69, 9.17) is 16.3 Å². The van der Waals surface area contributed by atoms with Crippen LogP contribution in [-0.4, -0.2) is 35.2 Å². The van der Waals surface area contributed by atoms with Gasteiger partial charge in [-0.3, -0.25) is 4.79 Å². The lowest BCUT2D eigenvalue weighted by Crippen LogP contribution is -2.32. The Morgan fingerprint density at radius 1 is 1.71 bits per heavy atom. The van der Waals surface area contributed by atoms with Gasteiger partial charge in [-0.05, 0) is 12.8 Å². The molecule has 0 aliphatic heterocycles. The van der Waals surface area contributed by atoms with Crippen LogP contribution in [-0.2, 0) is 4.74 Å². The first kappa shape index (κ1) is 12.4. The molecular formula is C11H16ClN3O2. The fourth-order valence-corrected chi connectivity index (χ4v) is 1.85. The van der Waals surface area contributed by atoms with Crippen LogP contribution in [0.1, 0.15) is 18.9 Å². The zero-order chi connectivity index (χ0) is 12.3. The quantitative estimate of drug-likeness (QED) is 0.780. The molecule has 1 aromatic rings. The molecule has 0 spiro atoms. The van der Waals surface area contributed by atoms with Gasteiger partial charge in [-0.1, -0.05) is 0 Å². The van der Waals surface area contributed by atoms with Crippen LogP contribution >= 0.6 is 11.6 Å². The Morgan fingerprint density at radius 3 is 3.06 bits per heavy atom. The lowest BCUT2D eigenvalue weighted by Gasteiger charge is -2.15. The summed E-state index contributed by atoms with van der Waals surface area (Å²) >= 11 is 5.78. The first-order valence-electron chi connectivity index (χ1n) is 5.65. The standard InChI is InChI=1S/C11H16ClN3O2/c1-17-7-8(6-12)14-10-11(16)15(5-4-13-10)9-2-3-9/h4-5,8-9H,2-3,6-7H2,1H3,(H,13,14). The molecule has 1 saturated carbocycles. The van der Waals surface area contributed by atoms with E-state index in [0.717, 1.165) is 12.8 Å². The predicted octanol–water partition coefficient (Wildman–Crippen LogP) is 1.24. The molecule has 1 N–H and O–H groups in total. The molecule has 17 heavy (non-hydrogen) atoms. The molecule has 1 aliphatic rings. The number of nitrogens with zero attached hydrogens (tertiary/aromatic N) is 2. The first-order chi connectivity index (χ1) is 8.26. The van der Waals surface area contributed by atoms with Crippen molar-refractivity contribution in [2.45, 2.75) is 24.9 Å². The van der Waals surface area contributed by atoms with E-state index in [2.05, 4.69) is 10.3 Å². The summed E-state index contributed by atoms with van der Waals surface area (Å²) in [4.78, 5) is 16.1. The van der Waals surface area contributed by atoms with Crippen molar-refractivity contribution in [3.8, 4) is 0 Å². The van der Waals surface area contributed by atoms with Crippen molar-refractivity contribution in [3.63, 3.8) is 0 Å². The summed E-state index contributed by atoms with van der Waals surface area (Å²) in [5, 5.41) is 3.02. The third kappa shape index (κ3) is 2.98. The maximum atomic E-state index is 12.1. The highest BCUT2D eigenvalue weighted by Gasteiger charge is 2.25. The van der Waals surface area contributed by atoms with Crippen LogP contribution in [0, 0.1) is 0 Å². The molecule has 2 rings (SSSR count). The number of anilines is 1. The molecule has 0 saturated heterocycles. The summed E-state index contributed by atoms with van der Waals surface area (Å²) in [6.07, 6.45) is 5.51. The average molecular weight is 258 g/mol. The average Bonchev–Trinajstić information content (AvgIpc) is 3.15. The zero-order valence-electron chi connectivity index (χ0n) is 9.73. The monoisotopic (exact) mass is 257 g/mol. The van der Waals surface area contributed by atoms with E-state index in [1.165, 1.54) is 0 Å². The van der Waals surface area contributed by atoms with Gasteiger partial charge in [0.05, 0.1) is 12.6 Å². The molecule has 94 valence electrons. The minimum Gasteiger partial charge on any atom is -0.383 e. The van der Waals surface area contributed by atoms with Crippen LogP contribution in [0.25, 0.3) is 0 Å². The van der Waals surface area contributed by atoms with Crippen molar-refractivity contribution in [3.05, 3.63) is 22.7 Å². The van der Waals surface area contributed by atoms with Gasteiger partial charge in [0.15, 0.2) is 5.82 Å². The highest BCUT2D eigenvalue weighted by molar-refractivity contribution is 6.18. The molecule has 0 aromatic carbocycles. The van der Waals surface area contributed by atoms with E-state index in [1.54, 1.807) is 24.1 Å². The summed E-state index contributed by atoms with van der Waals surface area (Å²) in [5.74, 6) is 0.718. The Labute approximate surface area is 105 Å². The van der Waals surface area contributed by atoms with Gasteiger partial charge in [0.1, 0.15) is 0 Å². The third-order valence-corrected chi connectivity index (χ3v) is 3.08. The van der Waals surface area contributed by atoms with Crippen LogP contribution in [0.3, 0.4) is 0 Å². The van der Waals surface area contributed by atoms with Gasteiger partial charge in [-0.25, -0.2) is 4.98 Å². The van der Waals surface area contributed by atoms with Gasteiger partial charge in [0.2, 0.25) is 0 Å². The molecule has 6 heteroatoms. The lowest BCUT2D eigenvalue weighted by atomic mass is 10.3. The van der Waals surface area contributed by atoms with Gasteiger partial charge in [-0.15, -0.1) is 11.6 Å². The number of hydrogen-bond donors (Lipinski definition) is 1. The maximum absolute atomic E-state index is 12.1. The number of hydrogen-bond acceptors (Lipinski definition) is 4. The fraction of sp³-hybridized carbons (Fsp3) is 0.636. The molecule has 1 fully saturated rings. The Hall–Kier alpha value is -1.07. The second-order valence-electron chi connectivity index (χ2n) is 4.17. The number of alkyl halides is 1. The highest BCUT2D eigenvalue weighted by atomic mass is 35.5. The summed E-state index contributed by atoms with van der Waals surface area (Å²) in [7, 11) is 1.60. The molecule has 0 radical (unpaired) electrons. The van der Waals surface area contributed by atoms with Gasteiger partial charge >= 0.3 is 0 Å². The van der Waals surface area contributed by atoms with E-state index >= 15 is 0 Å². The van der Waals surface area contributed by atoms with Crippen LogP contribution in [0.2, 0.25) is 0 Å². The number of aromatic nitrogens is 2. The molecule has 1 aromatic heterocycles. The molecule has 5 nitrogen and oxygen atoms in total. The van der Waals surface area contributed by atoms with E-state index in [1.807, 2.05) is 0 Å². The smallest absolute Gasteiger partial charge is 0.293 e. The molecule has 0 bridgehead atoms. The van der Waals surface area contributed by atoms with Crippen molar-refractivity contribution >= 4 is 17.4 Å². The molecule has 1 aliphatic carbocycles. The van der Waals surface area contributed by atoms with Crippen molar-refractivity contribution < 1.29 is 4.74 Å². The second kappa shape index (κ2) is 5.51. The summed E-state index contributed by atoms with van der Waals surface area (Å²) < 4.78 is 6.74. The first-order valence-corrected chi connectivity index (χ1v) is 6.18. The normalized spacial score (nSPS) is 16.8. The Morgan fingerprint density at radius 2 is 2.47 bits per heavy atom. The second-order valence-corrected chi connectivity index (χ2v) is 4.48. The molecule has 1 atom stereocenters. The molecule has 1 heterocycles. The van der Waals surface area contributed by atoms with Crippen LogP contribution in [0.15, 0.2) is 17.2 Å². The third-order valence-electron chi connectivity index (χ3n) is 2.70. The topological polar surface area (TPSA) is 56.1 Å². The van der Waals surface area contributed by atoms with E-state index in [-0.39, 0.29) is 11.6 Å². The fourth-order valence-electron chi connectivity index (χ4n) is 1.68. The summed E-state index contributed by atoms with van der Waals surface area (Å²) in [6.45, 7) is 0.447. The molecular weight excluding hydrogens is 242 g/mol. The van der Waals surface area contributed by atoms with Crippen LogP contribution in [0.4, 0.5) is 5.82 Å². The maximum Gasteiger partial charge on any atom is 0.293 e. The van der Waals surface area contributed by atoms with Crippen molar-refractivity contribution in [2.24, 2.45) is 0 Å². The van der Waals surface area contributed by atoms with Gasteiger partial charge in [-0.2, -0.15) is 0 Å². The van der Waals surface area contributed by atoms with E-state index in [9.17, 15) is 4.79 Å².